The molecule has 0 spiro atoms. The Balaban J connectivity index is 1.58. The summed E-state index contributed by atoms with van der Waals surface area (Å²) >= 11 is 0. The van der Waals surface area contributed by atoms with E-state index in [2.05, 4.69) is 6.07 Å². The largest absolute Gasteiger partial charge is 0.496 e. The number of rotatable bonds is 6. The Bertz CT molecular complexity index is 1600. The normalized spacial score (nSPS) is 14.5. The maximum atomic E-state index is 14.1. The zero-order chi connectivity index (χ0) is 27.0. The van der Waals surface area contributed by atoms with Gasteiger partial charge < -0.3 is 19.9 Å². The molecule has 2 N–H and O–H groups in total. The van der Waals surface area contributed by atoms with Crippen LogP contribution in [0.1, 0.15) is 33.9 Å². The van der Waals surface area contributed by atoms with Crippen LogP contribution in [0.3, 0.4) is 0 Å². The standard InChI is InChI=1S/C29H24F2N4O3/c1-16-4-8-21(9-5-16)35-29-26(17(2)34-35)27(22(14-32)28(33)38-29)18-6-10-24(36-3)19(12-18)15-37-25-11-7-20(30)13-23(25)31/h4-13,27H,15,33H2,1-3H3/t27-/m1/s1. The fourth-order valence-corrected chi connectivity index (χ4v) is 4.55. The smallest absolute Gasteiger partial charge is 0.229 e. The molecule has 0 amide bonds. The number of benzene rings is 3. The number of fused-ring (bicyclic) bond motifs is 1. The summed E-state index contributed by atoms with van der Waals surface area (Å²) in [4.78, 5) is 0. The number of methoxy groups -OCH3 is 1. The van der Waals surface area contributed by atoms with Crippen LogP contribution < -0.4 is 19.9 Å². The van der Waals surface area contributed by atoms with Gasteiger partial charge in [0.2, 0.25) is 11.8 Å². The minimum Gasteiger partial charge on any atom is -0.496 e. The molecule has 38 heavy (non-hydrogen) atoms. The number of ether oxygens (including phenoxy) is 3. The maximum Gasteiger partial charge on any atom is 0.229 e. The topological polar surface area (TPSA) is 95.3 Å². The van der Waals surface area contributed by atoms with Crippen LogP contribution in [0.4, 0.5) is 8.78 Å². The molecule has 1 aliphatic rings. The molecule has 0 aliphatic carbocycles. The summed E-state index contributed by atoms with van der Waals surface area (Å²) in [6, 6.07) is 18.5. The second kappa shape index (κ2) is 9.90. The molecule has 9 heteroatoms. The zero-order valence-corrected chi connectivity index (χ0v) is 21.0. The molecular weight excluding hydrogens is 490 g/mol. The second-order valence-electron chi connectivity index (χ2n) is 8.91. The molecule has 7 nitrogen and oxygen atoms in total. The number of allylic oxidation sites excluding steroid dienone is 1. The fourth-order valence-electron chi connectivity index (χ4n) is 4.55. The molecule has 3 aromatic carbocycles. The van der Waals surface area contributed by atoms with Crippen LogP contribution in [0.2, 0.25) is 0 Å². The van der Waals surface area contributed by atoms with Crippen LogP contribution in [0.15, 0.2) is 72.1 Å². The van der Waals surface area contributed by atoms with Crippen LogP contribution in [0.5, 0.6) is 17.4 Å². The van der Waals surface area contributed by atoms with Crippen LogP contribution in [-0.4, -0.2) is 16.9 Å². The van der Waals surface area contributed by atoms with Gasteiger partial charge in [0.15, 0.2) is 11.6 Å². The van der Waals surface area contributed by atoms with E-state index in [9.17, 15) is 14.0 Å². The summed E-state index contributed by atoms with van der Waals surface area (Å²) in [5, 5.41) is 14.7. The third-order valence-corrected chi connectivity index (χ3v) is 6.43. The van der Waals surface area contributed by atoms with Crippen LogP contribution in [0.25, 0.3) is 5.69 Å². The average Bonchev–Trinajstić information content (AvgIpc) is 3.23. The summed E-state index contributed by atoms with van der Waals surface area (Å²) in [7, 11) is 1.51. The molecule has 2 heterocycles. The molecule has 5 rings (SSSR count). The van der Waals surface area contributed by atoms with E-state index < -0.39 is 17.6 Å². The summed E-state index contributed by atoms with van der Waals surface area (Å²) in [5.74, 6) is -1.25. The predicted molar refractivity (Wildman–Crippen MR) is 136 cm³/mol. The lowest BCUT2D eigenvalue weighted by molar-refractivity contribution is 0.281. The number of nitriles is 1. The van der Waals surface area contributed by atoms with E-state index in [1.165, 1.54) is 13.2 Å². The first-order chi connectivity index (χ1) is 18.3. The molecule has 1 aromatic heterocycles. The predicted octanol–water partition coefficient (Wildman–Crippen LogP) is 5.57. The molecule has 0 unspecified atom stereocenters. The molecule has 1 aliphatic heterocycles. The highest BCUT2D eigenvalue weighted by Crippen LogP contribution is 2.45. The Morgan fingerprint density at radius 3 is 2.47 bits per heavy atom. The lowest BCUT2D eigenvalue weighted by atomic mass is 9.83. The van der Waals surface area contributed by atoms with E-state index in [1.807, 2.05) is 50.2 Å². The van der Waals surface area contributed by atoms with Crippen molar-refractivity contribution >= 4 is 0 Å². The van der Waals surface area contributed by atoms with Gasteiger partial charge in [0.1, 0.15) is 29.8 Å². The van der Waals surface area contributed by atoms with E-state index in [0.717, 1.165) is 28.9 Å². The van der Waals surface area contributed by atoms with Crippen molar-refractivity contribution in [2.45, 2.75) is 26.4 Å². The number of halogens is 2. The van der Waals surface area contributed by atoms with Gasteiger partial charge in [-0.3, -0.25) is 0 Å². The van der Waals surface area contributed by atoms with Crippen molar-refractivity contribution in [1.29, 1.82) is 5.26 Å². The second-order valence-corrected chi connectivity index (χ2v) is 8.91. The molecule has 192 valence electrons. The third kappa shape index (κ3) is 4.41. The van der Waals surface area contributed by atoms with E-state index in [4.69, 9.17) is 25.0 Å². The number of nitrogens with zero attached hydrogens (tertiary/aromatic N) is 3. The summed E-state index contributed by atoms with van der Waals surface area (Å²) in [6.07, 6.45) is 0. The molecule has 0 saturated carbocycles. The molecule has 0 saturated heterocycles. The number of hydrogen-bond acceptors (Lipinski definition) is 6. The lowest BCUT2D eigenvalue weighted by Gasteiger charge is -2.25. The Morgan fingerprint density at radius 1 is 1.05 bits per heavy atom. The van der Waals surface area contributed by atoms with Crippen LogP contribution in [0, 0.1) is 36.8 Å². The van der Waals surface area contributed by atoms with Gasteiger partial charge in [0, 0.05) is 11.6 Å². The molecule has 1 atom stereocenters. The summed E-state index contributed by atoms with van der Waals surface area (Å²) in [6.45, 7) is 3.79. The van der Waals surface area contributed by atoms with Gasteiger partial charge in [0.25, 0.3) is 0 Å². The van der Waals surface area contributed by atoms with Gasteiger partial charge in [-0.25, -0.2) is 13.5 Å². The zero-order valence-electron chi connectivity index (χ0n) is 21.0. The highest BCUT2D eigenvalue weighted by molar-refractivity contribution is 5.58. The van der Waals surface area contributed by atoms with Crippen molar-refractivity contribution < 1.29 is 23.0 Å². The maximum absolute atomic E-state index is 14.1. The van der Waals surface area contributed by atoms with E-state index in [1.54, 1.807) is 10.7 Å². The van der Waals surface area contributed by atoms with Crippen molar-refractivity contribution in [3.8, 4) is 29.1 Å². The van der Waals surface area contributed by atoms with Crippen molar-refractivity contribution in [2.24, 2.45) is 5.73 Å². The highest BCUT2D eigenvalue weighted by Gasteiger charge is 2.36. The quantitative estimate of drug-likeness (QED) is 0.361. The monoisotopic (exact) mass is 514 g/mol. The van der Waals surface area contributed by atoms with Crippen LogP contribution >= 0.6 is 0 Å². The third-order valence-electron chi connectivity index (χ3n) is 6.43. The molecule has 0 bridgehead atoms. The lowest BCUT2D eigenvalue weighted by Crippen LogP contribution is -2.22. The Labute approximate surface area is 218 Å². The highest BCUT2D eigenvalue weighted by atomic mass is 19.1. The number of hydrogen-bond donors (Lipinski definition) is 1. The number of aryl methyl sites for hydroxylation is 2. The number of nitrogens with two attached hydrogens (primary N) is 1. The Kier molecular flexibility index (Phi) is 6.47. The molecule has 0 radical (unpaired) electrons. The Morgan fingerprint density at radius 2 is 1.79 bits per heavy atom. The fraction of sp³-hybridized carbons (Fsp3) is 0.172. The number of aromatic nitrogens is 2. The first-order valence-electron chi connectivity index (χ1n) is 11.8. The minimum atomic E-state index is -0.809. The Hall–Kier alpha value is -4.84. The molecular formula is C29H24F2N4O3. The van der Waals surface area contributed by atoms with Gasteiger partial charge >= 0.3 is 0 Å². The molecule has 4 aromatic rings. The van der Waals surface area contributed by atoms with Crippen molar-refractivity contribution in [2.75, 3.05) is 7.11 Å². The minimum absolute atomic E-state index is 0.0136. The van der Waals surface area contributed by atoms with Gasteiger partial charge in [0.05, 0.1) is 30.0 Å². The van der Waals surface area contributed by atoms with Gasteiger partial charge in [-0.15, -0.1) is 0 Å². The first-order valence-corrected chi connectivity index (χ1v) is 11.8. The summed E-state index contributed by atoms with van der Waals surface area (Å²) < 4.78 is 46.2. The van der Waals surface area contributed by atoms with Gasteiger partial charge in [-0.05, 0) is 55.8 Å². The average molecular weight is 515 g/mol. The van der Waals surface area contributed by atoms with Gasteiger partial charge in [-0.2, -0.15) is 10.4 Å². The van der Waals surface area contributed by atoms with Crippen LogP contribution in [-0.2, 0) is 6.61 Å². The van der Waals surface area contributed by atoms with Gasteiger partial charge in [-0.1, -0.05) is 23.8 Å². The van der Waals surface area contributed by atoms with E-state index in [0.29, 0.717) is 28.5 Å². The first kappa shape index (κ1) is 24.8. The van der Waals surface area contributed by atoms with E-state index in [-0.39, 0.29) is 23.8 Å². The van der Waals surface area contributed by atoms with E-state index >= 15 is 0 Å². The van der Waals surface area contributed by atoms with Crippen molar-refractivity contribution in [3.05, 3.63) is 112 Å². The molecule has 0 fully saturated rings. The van der Waals surface area contributed by atoms with Crippen molar-refractivity contribution in [1.82, 2.24) is 9.78 Å². The SMILES string of the molecule is COc1ccc([C@@H]2C(C#N)=C(N)Oc3c2c(C)nn3-c2ccc(C)cc2)cc1COc1ccc(F)cc1F. The summed E-state index contributed by atoms with van der Waals surface area (Å²) in [5.41, 5.74) is 11.1. The van der Waals surface area contributed by atoms with Crippen molar-refractivity contribution in [3.63, 3.8) is 0 Å².